The van der Waals surface area contributed by atoms with Gasteiger partial charge in [0.15, 0.2) is 0 Å². The van der Waals surface area contributed by atoms with Crippen LogP contribution in [-0.4, -0.2) is 19.5 Å². The lowest BCUT2D eigenvalue weighted by molar-refractivity contribution is 0.461. The van der Waals surface area contributed by atoms with Crippen molar-refractivity contribution < 1.29 is 0 Å². The summed E-state index contributed by atoms with van der Waals surface area (Å²) in [6, 6.07) is 6.75. The zero-order chi connectivity index (χ0) is 15.6. The molecule has 0 aromatic carbocycles. The van der Waals surface area contributed by atoms with Crippen molar-refractivity contribution in [2.24, 2.45) is 5.92 Å². The van der Waals surface area contributed by atoms with Crippen molar-refractivity contribution in [1.29, 1.82) is 0 Å². The van der Waals surface area contributed by atoms with Gasteiger partial charge in [0.25, 0.3) is 0 Å². The van der Waals surface area contributed by atoms with Crippen LogP contribution in [0.3, 0.4) is 0 Å². The summed E-state index contributed by atoms with van der Waals surface area (Å²) < 4.78 is 2.29. The molecule has 1 fully saturated rings. The molecule has 0 amide bonds. The number of fused-ring (bicyclic) bond motifs is 1. The highest BCUT2D eigenvalue weighted by Crippen LogP contribution is 2.38. The summed E-state index contributed by atoms with van der Waals surface area (Å²) in [5.74, 6) is 1.34. The highest BCUT2D eigenvalue weighted by atomic mass is 15.1. The number of pyridine rings is 1. The smallest absolute Gasteiger partial charge is 0.145 e. The molecule has 1 saturated carbocycles. The Morgan fingerprint density at radius 2 is 2.17 bits per heavy atom. The Morgan fingerprint density at radius 1 is 1.22 bits per heavy atom. The Bertz CT molecular complexity index is 796. The Kier molecular flexibility index (Phi) is 3.69. The van der Waals surface area contributed by atoms with Gasteiger partial charge in [-0.2, -0.15) is 0 Å². The van der Waals surface area contributed by atoms with Gasteiger partial charge in [-0.25, -0.2) is 9.97 Å². The first-order valence-corrected chi connectivity index (χ1v) is 8.27. The van der Waals surface area contributed by atoms with E-state index in [1.807, 2.05) is 24.5 Å². The third kappa shape index (κ3) is 2.79. The van der Waals surface area contributed by atoms with Crippen LogP contribution in [-0.2, 0) is 6.42 Å². The molecule has 3 aromatic rings. The number of anilines is 1. The van der Waals surface area contributed by atoms with Crippen LogP contribution in [0.25, 0.3) is 11.0 Å². The van der Waals surface area contributed by atoms with E-state index in [0.717, 1.165) is 23.4 Å². The number of hydrogen-bond acceptors (Lipinski definition) is 4. The fourth-order valence-electron chi connectivity index (χ4n) is 3.77. The van der Waals surface area contributed by atoms with Crippen molar-refractivity contribution in [3.63, 3.8) is 0 Å². The van der Waals surface area contributed by atoms with Gasteiger partial charge in [0.05, 0.1) is 5.39 Å². The largest absolute Gasteiger partial charge is 0.383 e. The Balaban J connectivity index is 1.44. The average Bonchev–Trinajstić information content (AvgIpc) is 3.21. The van der Waals surface area contributed by atoms with Crippen LogP contribution >= 0.6 is 0 Å². The number of nitrogens with two attached hydrogens (primary N) is 1. The molecule has 5 heteroatoms. The first-order chi connectivity index (χ1) is 11.3. The lowest BCUT2D eigenvalue weighted by atomic mass is 9.99. The highest BCUT2D eigenvalue weighted by Gasteiger charge is 2.26. The van der Waals surface area contributed by atoms with Crippen molar-refractivity contribution in [2.45, 2.75) is 38.1 Å². The van der Waals surface area contributed by atoms with Crippen molar-refractivity contribution in [3.8, 4) is 0 Å². The van der Waals surface area contributed by atoms with Crippen molar-refractivity contribution >= 4 is 16.9 Å². The van der Waals surface area contributed by atoms with Crippen molar-refractivity contribution in [2.75, 3.05) is 5.73 Å². The van der Waals surface area contributed by atoms with Gasteiger partial charge in [0.2, 0.25) is 0 Å². The molecule has 2 atom stereocenters. The Hall–Kier alpha value is -2.43. The molecule has 3 aromatic heterocycles. The summed E-state index contributed by atoms with van der Waals surface area (Å²) in [7, 11) is 0. The molecule has 0 bridgehead atoms. The van der Waals surface area contributed by atoms with Crippen LogP contribution in [0.15, 0.2) is 43.1 Å². The number of aryl methyl sites for hydroxylation is 1. The van der Waals surface area contributed by atoms with Gasteiger partial charge in [0, 0.05) is 24.6 Å². The second-order valence-electron chi connectivity index (χ2n) is 6.45. The van der Waals surface area contributed by atoms with Crippen LogP contribution in [0.4, 0.5) is 5.82 Å². The van der Waals surface area contributed by atoms with Gasteiger partial charge in [-0.05, 0) is 55.7 Å². The maximum Gasteiger partial charge on any atom is 0.145 e. The van der Waals surface area contributed by atoms with Crippen molar-refractivity contribution in [1.82, 2.24) is 19.5 Å². The topological polar surface area (TPSA) is 69.6 Å². The molecule has 1 aliphatic rings. The molecule has 23 heavy (non-hydrogen) atoms. The molecule has 0 spiro atoms. The first kappa shape index (κ1) is 14.2. The maximum atomic E-state index is 5.94. The molecular formula is C18H21N5. The maximum absolute atomic E-state index is 5.94. The molecule has 0 radical (unpaired) electrons. The van der Waals surface area contributed by atoms with E-state index >= 15 is 0 Å². The molecule has 0 aliphatic heterocycles. The fraction of sp³-hybridized carbons (Fsp3) is 0.389. The quantitative estimate of drug-likeness (QED) is 0.802. The predicted octanol–water partition coefficient (Wildman–Crippen LogP) is 3.38. The van der Waals surface area contributed by atoms with E-state index in [1.165, 1.54) is 31.2 Å². The number of aromatic nitrogens is 4. The predicted molar refractivity (Wildman–Crippen MR) is 90.9 cm³/mol. The van der Waals surface area contributed by atoms with Gasteiger partial charge in [-0.1, -0.05) is 6.07 Å². The Morgan fingerprint density at radius 3 is 3.04 bits per heavy atom. The van der Waals surface area contributed by atoms with Crippen LogP contribution in [0.2, 0.25) is 0 Å². The number of nitrogen functional groups attached to an aromatic ring is 1. The minimum Gasteiger partial charge on any atom is -0.383 e. The average molecular weight is 307 g/mol. The standard InChI is InChI=1S/C18H21N5/c19-17-16-7-9-23(18(16)22-12-21-17)15-6-5-13(10-15)3-4-14-2-1-8-20-11-14/h1-2,7-9,11-13,15H,3-6,10H2,(H2,19,21,22). The molecule has 1 aliphatic carbocycles. The van der Waals surface area contributed by atoms with Crippen LogP contribution < -0.4 is 5.73 Å². The van der Waals surface area contributed by atoms with Crippen molar-refractivity contribution in [3.05, 3.63) is 48.7 Å². The second kappa shape index (κ2) is 5.99. The van der Waals surface area contributed by atoms with Crippen LogP contribution in [0.1, 0.15) is 37.3 Å². The normalized spacial score (nSPS) is 21.0. The first-order valence-electron chi connectivity index (χ1n) is 8.27. The Labute approximate surface area is 135 Å². The lowest BCUT2D eigenvalue weighted by Gasteiger charge is -2.14. The van der Waals surface area contributed by atoms with E-state index in [2.05, 4.69) is 31.8 Å². The lowest BCUT2D eigenvalue weighted by Crippen LogP contribution is -2.06. The van der Waals surface area contributed by atoms with Gasteiger partial charge >= 0.3 is 0 Å². The van der Waals surface area contributed by atoms with E-state index in [4.69, 9.17) is 5.73 Å². The van der Waals surface area contributed by atoms with Gasteiger partial charge in [0.1, 0.15) is 17.8 Å². The van der Waals surface area contributed by atoms with Gasteiger partial charge < -0.3 is 10.3 Å². The minimum atomic E-state index is 0.528. The van der Waals surface area contributed by atoms with E-state index < -0.39 is 0 Å². The molecule has 118 valence electrons. The zero-order valence-electron chi connectivity index (χ0n) is 13.1. The molecule has 2 unspecified atom stereocenters. The van der Waals surface area contributed by atoms with E-state index in [1.54, 1.807) is 6.33 Å². The zero-order valence-corrected chi connectivity index (χ0v) is 13.1. The molecule has 4 rings (SSSR count). The summed E-state index contributed by atoms with van der Waals surface area (Å²) in [6.45, 7) is 0. The number of rotatable bonds is 4. The summed E-state index contributed by atoms with van der Waals surface area (Å²) >= 11 is 0. The van der Waals surface area contributed by atoms with E-state index in [0.29, 0.717) is 11.9 Å². The summed E-state index contributed by atoms with van der Waals surface area (Å²) in [4.78, 5) is 12.7. The van der Waals surface area contributed by atoms with E-state index in [9.17, 15) is 0 Å². The molecule has 5 nitrogen and oxygen atoms in total. The van der Waals surface area contributed by atoms with Crippen LogP contribution in [0, 0.1) is 5.92 Å². The molecular weight excluding hydrogens is 286 g/mol. The second-order valence-corrected chi connectivity index (χ2v) is 6.45. The number of hydrogen-bond donors (Lipinski definition) is 1. The summed E-state index contributed by atoms with van der Waals surface area (Å²) in [6.07, 6.45) is 13.5. The molecule has 3 heterocycles. The minimum absolute atomic E-state index is 0.528. The highest BCUT2D eigenvalue weighted by molar-refractivity contribution is 5.86. The third-order valence-electron chi connectivity index (χ3n) is 5.01. The van der Waals surface area contributed by atoms with E-state index in [-0.39, 0.29) is 0 Å². The molecule has 0 saturated heterocycles. The molecule has 2 N–H and O–H groups in total. The number of nitrogens with zero attached hydrogens (tertiary/aromatic N) is 4. The summed E-state index contributed by atoms with van der Waals surface area (Å²) in [5, 5.41) is 0.964. The fourth-order valence-corrected chi connectivity index (χ4v) is 3.77. The van der Waals surface area contributed by atoms with Crippen LogP contribution in [0.5, 0.6) is 0 Å². The SMILES string of the molecule is Nc1ncnc2c1ccn2C1CCC(CCc2cccnc2)C1. The third-order valence-corrected chi connectivity index (χ3v) is 5.01. The van der Waals surface area contributed by atoms with Gasteiger partial charge in [-0.15, -0.1) is 0 Å². The summed E-state index contributed by atoms with van der Waals surface area (Å²) in [5.41, 5.74) is 8.24. The monoisotopic (exact) mass is 307 g/mol. The van der Waals surface area contributed by atoms with Gasteiger partial charge in [-0.3, -0.25) is 4.98 Å².